The predicted octanol–water partition coefficient (Wildman–Crippen LogP) is 1.79. The Labute approximate surface area is 73.0 Å². The fourth-order valence-corrected chi connectivity index (χ4v) is 1.60. The Morgan fingerprint density at radius 2 is 2.33 bits per heavy atom. The minimum absolute atomic E-state index is 0.123. The van der Waals surface area contributed by atoms with Crippen molar-refractivity contribution in [1.29, 1.82) is 0 Å². The van der Waals surface area contributed by atoms with Gasteiger partial charge in [-0.1, -0.05) is 13.5 Å². The molecule has 1 rings (SSSR count). The number of carbonyl (C=O) groups excluding carboxylic acids is 1. The first-order chi connectivity index (χ1) is 5.74. The molecule has 1 fully saturated rings. The van der Waals surface area contributed by atoms with Gasteiger partial charge in [0.15, 0.2) is 0 Å². The summed E-state index contributed by atoms with van der Waals surface area (Å²) in [6.45, 7) is 8.35. The second kappa shape index (κ2) is 3.61. The van der Waals surface area contributed by atoms with Gasteiger partial charge >= 0.3 is 6.09 Å². The Balaban J connectivity index is 2.74. The highest BCUT2D eigenvalue weighted by atomic mass is 16.6. The van der Waals surface area contributed by atoms with Crippen LogP contribution in [0, 0.1) is 0 Å². The van der Waals surface area contributed by atoms with E-state index in [9.17, 15) is 4.79 Å². The molecular formula is C9H15NO2. The molecule has 1 saturated heterocycles. The molecule has 3 heteroatoms. The van der Waals surface area contributed by atoms with Crippen molar-refractivity contribution in [2.24, 2.45) is 0 Å². The molecule has 0 radical (unpaired) electrons. The van der Waals surface area contributed by atoms with Gasteiger partial charge in [-0.2, -0.15) is 0 Å². The SMILES string of the molecule is C=CC1OC(=O)N(CC)C1CC. The Kier molecular flexibility index (Phi) is 2.74. The predicted molar refractivity (Wildman–Crippen MR) is 46.9 cm³/mol. The topological polar surface area (TPSA) is 29.5 Å². The van der Waals surface area contributed by atoms with Gasteiger partial charge in [-0.15, -0.1) is 0 Å². The van der Waals surface area contributed by atoms with Crippen molar-refractivity contribution < 1.29 is 9.53 Å². The number of likely N-dealkylation sites (N-methyl/N-ethyl adjacent to an activating group) is 1. The first kappa shape index (κ1) is 9.10. The molecule has 1 aliphatic heterocycles. The zero-order chi connectivity index (χ0) is 9.14. The van der Waals surface area contributed by atoms with E-state index in [0.29, 0.717) is 6.54 Å². The van der Waals surface area contributed by atoms with Crippen molar-refractivity contribution in [2.75, 3.05) is 6.54 Å². The Morgan fingerprint density at radius 3 is 2.75 bits per heavy atom. The molecule has 3 nitrogen and oxygen atoms in total. The van der Waals surface area contributed by atoms with Crippen molar-refractivity contribution in [3.8, 4) is 0 Å². The van der Waals surface area contributed by atoms with Gasteiger partial charge in [-0.3, -0.25) is 0 Å². The maximum atomic E-state index is 11.2. The highest BCUT2D eigenvalue weighted by Crippen LogP contribution is 2.21. The minimum Gasteiger partial charge on any atom is -0.440 e. The van der Waals surface area contributed by atoms with Crippen LogP contribution in [0.25, 0.3) is 0 Å². The van der Waals surface area contributed by atoms with Crippen molar-refractivity contribution >= 4 is 6.09 Å². The lowest BCUT2D eigenvalue weighted by Gasteiger charge is -2.19. The molecule has 1 amide bonds. The first-order valence-electron chi connectivity index (χ1n) is 4.34. The largest absolute Gasteiger partial charge is 0.440 e. The summed E-state index contributed by atoms with van der Waals surface area (Å²) in [5.41, 5.74) is 0. The molecule has 0 saturated carbocycles. The number of amides is 1. The average Bonchev–Trinajstić information content (AvgIpc) is 2.40. The molecule has 0 aromatic heterocycles. The quantitative estimate of drug-likeness (QED) is 0.603. The molecule has 12 heavy (non-hydrogen) atoms. The molecule has 2 unspecified atom stereocenters. The maximum absolute atomic E-state index is 11.2. The lowest BCUT2D eigenvalue weighted by molar-refractivity contribution is 0.146. The molecule has 0 spiro atoms. The van der Waals surface area contributed by atoms with Gasteiger partial charge in [0, 0.05) is 6.54 Å². The van der Waals surface area contributed by atoms with Gasteiger partial charge in [0.25, 0.3) is 0 Å². The molecule has 68 valence electrons. The summed E-state index contributed by atoms with van der Waals surface area (Å²) in [5.74, 6) is 0. The molecule has 2 atom stereocenters. The summed E-state index contributed by atoms with van der Waals surface area (Å²) in [5, 5.41) is 0. The second-order valence-corrected chi connectivity index (χ2v) is 2.85. The van der Waals surface area contributed by atoms with E-state index in [0.717, 1.165) is 6.42 Å². The molecule has 0 aromatic rings. The smallest absolute Gasteiger partial charge is 0.410 e. The van der Waals surface area contributed by atoms with Crippen LogP contribution in [0.1, 0.15) is 20.3 Å². The van der Waals surface area contributed by atoms with Crippen LogP contribution in [0.5, 0.6) is 0 Å². The third-order valence-electron chi connectivity index (χ3n) is 2.24. The summed E-state index contributed by atoms with van der Waals surface area (Å²) in [7, 11) is 0. The standard InChI is InChI=1S/C9H15NO2/c1-4-7-8(5-2)12-9(11)10(7)6-3/h5,7-8H,2,4,6H2,1,3H3. The number of cyclic esters (lactones) is 1. The van der Waals surface area contributed by atoms with Gasteiger partial charge in [0.05, 0.1) is 6.04 Å². The van der Waals surface area contributed by atoms with E-state index in [1.807, 2.05) is 13.8 Å². The zero-order valence-electron chi connectivity index (χ0n) is 7.62. The van der Waals surface area contributed by atoms with E-state index in [1.54, 1.807) is 11.0 Å². The van der Waals surface area contributed by atoms with Gasteiger partial charge in [-0.25, -0.2) is 4.79 Å². The van der Waals surface area contributed by atoms with Gasteiger partial charge in [0.2, 0.25) is 0 Å². The summed E-state index contributed by atoms with van der Waals surface area (Å²) in [6, 6.07) is 0.181. The van der Waals surface area contributed by atoms with E-state index in [4.69, 9.17) is 4.74 Å². The fourth-order valence-electron chi connectivity index (χ4n) is 1.60. The van der Waals surface area contributed by atoms with Gasteiger partial charge in [-0.05, 0) is 19.4 Å². The molecule has 1 aliphatic rings. The maximum Gasteiger partial charge on any atom is 0.410 e. The van der Waals surface area contributed by atoms with Crippen molar-refractivity contribution in [2.45, 2.75) is 32.4 Å². The average molecular weight is 169 g/mol. The molecule has 0 aliphatic carbocycles. The van der Waals surface area contributed by atoms with Crippen LogP contribution in [0.3, 0.4) is 0 Å². The lowest BCUT2D eigenvalue weighted by atomic mass is 10.1. The molecule has 0 bridgehead atoms. The third-order valence-corrected chi connectivity index (χ3v) is 2.24. The van der Waals surface area contributed by atoms with E-state index >= 15 is 0 Å². The van der Waals surface area contributed by atoms with Crippen LogP contribution in [-0.2, 0) is 4.74 Å². The normalized spacial score (nSPS) is 28.8. The number of hydrogen-bond acceptors (Lipinski definition) is 2. The van der Waals surface area contributed by atoms with Gasteiger partial charge < -0.3 is 9.64 Å². The van der Waals surface area contributed by atoms with Gasteiger partial charge in [0.1, 0.15) is 6.10 Å². The first-order valence-corrected chi connectivity index (χ1v) is 4.34. The number of rotatable bonds is 3. The monoisotopic (exact) mass is 169 g/mol. The second-order valence-electron chi connectivity index (χ2n) is 2.85. The van der Waals surface area contributed by atoms with E-state index in [-0.39, 0.29) is 18.2 Å². The summed E-state index contributed by atoms with van der Waals surface area (Å²) < 4.78 is 5.09. The molecule has 0 N–H and O–H groups in total. The number of nitrogens with zero attached hydrogens (tertiary/aromatic N) is 1. The Bertz CT molecular complexity index is 191. The van der Waals surface area contributed by atoms with E-state index < -0.39 is 0 Å². The zero-order valence-corrected chi connectivity index (χ0v) is 7.62. The van der Waals surface area contributed by atoms with Crippen LogP contribution in [0.4, 0.5) is 4.79 Å². The molecule has 1 heterocycles. The lowest BCUT2D eigenvalue weighted by Crippen LogP contribution is -2.35. The van der Waals surface area contributed by atoms with Crippen molar-refractivity contribution in [3.63, 3.8) is 0 Å². The highest BCUT2D eigenvalue weighted by molar-refractivity contribution is 5.71. The summed E-state index contributed by atoms with van der Waals surface area (Å²) >= 11 is 0. The van der Waals surface area contributed by atoms with Crippen LogP contribution in [-0.4, -0.2) is 29.7 Å². The number of ether oxygens (including phenoxy) is 1. The Hall–Kier alpha value is -0.990. The number of carbonyl (C=O) groups is 1. The van der Waals surface area contributed by atoms with E-state index in [1.165, 1.54) is 0 Å². The Morgan fingerprint density at radius 1 is 1.67 bits per heavy atom. The van der Waals surface area contributed by atoms with Crippen LogP contribution >= 0.6 is 0 Å². The summed E-state index contributed by atoms with van der Waals surface area (Å²) in [6.07, 6.45) is 2.27. The molecule has 0 aromatic carbocycles. The van der Waals surface area contributed by atoms with Crippen LogP contribution in [0.2, 0.25) is 0 Å². The molecular weight excluding hydrogens is 154 g/mol. The number of hydrogen-bond donors (Lipinski definition) is 0. The van der Waals surface area contributed by atoms with E-state index in [2.05, 4.69) is 6.58 Å². The fraction of sp³-hybridized carbons (Fsp3) is 0.667. The third kappa shape index (κ3) is 1.31. The van der Waals surface area contributed by atoms with Crippen LogP contribution in [0.15, 0.2) is 12.7 Å². The van der Waals surface area contributed by atoms with Crippen molar-refractivity contribution in [1.82, 2.24) is 4.90 Å². The minimum atomic E-state index is -0.214. The highest BCUT2D eigenvalue weighted by Gasteiger charge is 2.37. The van der Waals surface area contributed by atoms with Crippen molar-refractivity contribution in [3.05, 3.63) is 12.7 Å². The van der Waals surface area contributed by atoms with Crippen LogP contribution < -0.4 is 0 Å². The summed E-state index contributed by atoms with van der Waals surface area (Å²) in [4.78, 5) is 12.9.